The predicted molar refractivity (Wildman–Crippen MR) is 303 cm³/mol. The summed E-state index contributed by atoms with van der Waals surface area (Å²) in [6.07, 6.45) is 70.9. The maximum atomic E-state index is 12.8. The van der Waals surface area contributed by atoms with E-state index in [1.165, 1.54) is 238 Å². The third-order valence-electron chi connectivity index (χ3n) is 14.2. The van der Waals surface area contributed by atoms with Crippen molar-refractivity contribution in [2.45, 2.75) is 354 Å². The first-order valence-corrected chi connectivity index (χ1v) is 31.3. The highest BCUT2D eigenvalue weighted by Crippen LogP contribution is 2.18. The molecule has 0 amide bonds. The fourth-order valence-electron chi connectivity index (χ4n) is 9.48. The third kappa shape index (κ3) is 56.8. The Balaban J connectivity index is 3.98. The van der Waals surface area contributed by atoms with Crippen LogP contribution in [0, 0.1) is 0 Å². The van der Waals surface area contributed by atoms with E-state index in [-0.39, 0.29) is 31.1 Å². The highest BCUT2D eigenvalue weighted by molar-refractivity contribution is 5.71. The number of unbranched alkanes of at least 4 members (excludes halogenated alkanes) is 43. The fourth-order valence-corrected chi connectivity index (χ4v) is 9.48. The zero-order valence-corrected chi connectivity index (χ0v) is 47.3. The highest BCUT2D eigenvalue weighted by Gasteiger charge is 2.19. The number of allylic oxidation sites excluding steroid dienone is 4. The number of rotatable bonds is 58. The van der Waals surface area contributed by atoms with E-state index in [0.29, 0.717) is 19.3 Å². The van der Waals surface area contributed by atoms with Crippen LogP contribution in [-0.2, 0) is 28.6 Å². The minimum Gasteiger partial charge on any atom is -0.462 e. The van der Waals surface area contributed by atoms with Crippen LogP contribution in [0.5, 0.6) is 0 Å². The van der Waals surface area contributed by atoms with Gasteiger partial charge >= 0.3 is 17.9 Å². The Morgan fingerprint density at radius 1 is 0.286 bits per heavy atom. The number of hydrogen-bond donors (Lipinski definition) is 0. The van der Waals surface area contributed by atoms with Gasteiger partial charge in [-0.15, -0.1) is 0 Å². The molecule has 0 spiro atoms. The van der Waals surface area contributed by atoms with Gasteiger partial charge in [-0.3, -0.25) is 14.4 Å². The van der Waals surface area contributed by atoms with Gasteiger partial charge in [-0.2, -0.15) is 0 Å². The molecule has 6 nitrogen and oxygen atoms in total. The van der Waals surface area contributed by atoms with Crippen molar-refractivity contribution in [1.29, 1.82) is 0 Å². The molecule has 0 saturated carbocycles. The van der Waals surface area contributed by atoms with Crippen molar-refractivity contribution in [1.82, 2.24) is 0 Å². The molecule has 0 heterocycles. The van der Waals surface area contributed by atoms with E-state index in [2.05, 4.69) is 45.1 Å². The van der Waals surface area contributed by atoms with E-state index in [4.69, 9.17) is 14.2 Å². The Hall–Kier alpha value is -2.11. The van der Waals surface area contributed by atoms with Crippen LogP contribution in [0.3, 0.4) is 0 Å². The molecule has 0 aliphatic heterocycles. The van der Waals surface area contributed by atoms with Crippen LogP contribution in [0.2, 0.25) is 0 Å². The summed E-state index contributed by atoms with van der Waals surface area (Å²) in [5, 5.41) is 0. The van der Waals surface area contributed by atoms with Crippen LogP contribution in [0.15, 0.2) is 24.3 Å². The second-order valence-electron chi connectivity index (χ2n) is 21.3. The monoisotopic (exact) mass is 985 g/mol. The van der Waals surface area contributed by atoms with Crippen LogP contribution in [0.4, 0.5) is 0 Å². The summed E-state index contributed by atoms with van der Waals surface area (Å²) in [5.41, 5.74) is 0. The average Bonchev–Trinajstić information content (AvgIpc) is 3.36. The van der Waals surface area contributed by atoms with Gasteiger partial charge in [0.05, 0.1) is 0 Å². The van der Waals surface area contributed by atoms with Gasteiger partial charge in [0, 0.05) is 19.3 Å². The van der Waals surface area contributed by atoms with E-state index in [1.807, 2.05) is 0 Å². The first-order chi connectivity index (χ1) is 34.5. The molecule has 412 valence electrons. The molecule has 0 N–H and O–H groups in total. The van der Waals surface area contributed by atoms with Gasteiger partial charge in [-0.1, -0.05) is 302 Å². The number of carbonyl (C=O) groups excluding carboxylic acids is 3. The molecule has 0 fully saturated rings. The summed E-state index contributed by atoms with van der Waals surface area (Å²) in [7, 11) is 0. The lowest BCUT2D eigenvalue weighted by Gasteiger charge is -2.18. The molecular weight excluding hydrogens is 865 g/mol. The first kappa shape index (κ1) is 67.9. The second-order valence-corrected chi connectivity index (χ2v) is 21.3. The molecule has 0 aliphatic rings. The van der Waals surface area contributed by atoms with Gasteiger partial charge in [-0.05, 0) is 51.4 Å². The van der Waals surface area contributed by atoms with Crippen molar-refractivity contribution in [2.75, 3.05) is 13.2 Å². The lowest BCUT2D eigenvalue weighted by molar-refractivity contribution is -0.167. The van der Waals surface area contributed by atoms with E-state index >= 15 is 0 Å². The highest BCUT2D eigenvalue weighted by atomic mass is 16.6. The largest absolute Gasteiger partial charge is 0.462 e. The average molecular weight is 986 g/mol. The van der Waals surface area contributed by atoms with E-state index in [9.17, 15) is 14.4 Å². The fraction of sp³-hybridized carbons (Fsp3) is 0.891. The molecule has 0 radical (unpaired) electrons. The quantitative estimate of drug-likeness (QED) is 0.0261. The minimum atomic E-state index is -0.763. The summed E-state index contributed by atoms with van der Waals surface area (Å²) < 4.78 is 16.8. The lowest BCUT2D eigenvalue weighted by atomic mass is 10.0. The number of esters is 3. The molecule has 0 rings (SSSR count). The van der Waals surface area contributed by atoms with Crippen molar-refractivity contribution >= 4 is 17.9 Å². The van der Waals surface area contributed by atoms with E-state index in [0.717, 1.165) is 70.6 Å². The Kier molecular flexibility index (Phi) is 57.7. The van der Waals surface area contributed by atoms with Gasteiger partial charge in [0.25, 0.3) is 0 Å². The SMILES string of the molecule is CCCCCCC/C=C\C/C=C\CCCCCCCCCCCCCCCCCC(=O)OCC(COC(=O)CCCCCCC)OC(=O)CCCCCCCCCCCCCCCCCCCCCC. The van der Waals surface area contributed by atoms with Crippen LogP contribution < -0.4 is 0 Å². The summed E-state index contributed by atoms with van der Waals surface area (Å²) in [5.74, 6) is -0.857. The van der Waals surface area contributed by atoms with Crippen molar-refractivity contribution in [3.05, 3.63) is 24.3 Å². The van der Waals surface area contributed by atoms with Crippen LogP contribution >= 0.6 is 0 Å². The first-order valence-electron chi connectivity index (χ1n) is 31.3. The Labute approximate surface area is 436 Å². The maximum absolute atomic E-state index is 12.8. The molecule has 70 heavy (non-hydrogen) atoms. The molecule has 6 heteroatoms. The molecule has 0 aromatic heterocycles. The molecule has 1 atom stereocenters. The van der Waals surface area contributed by atoms with Crippen molar-refractivity contribution < 1.29 is 28.6 Å². The number of ether oxygens (including phenoxy) is 3. The standard InChI is InChI=1S/C64H120O6/c1-4-7-10-13-15-17-19-21-23-25-27-29-30-31-32-33-34-35-37-38-40-42-44-46-48-51-54-57-63(66)69-60-61(59-68-62(65)56-53-50-12-9-6-3)70-64(67)58-55-52-49-47-45-43-41-39-36-28-26-24-22-20-18-16-14-11-8-5-2/h19,21,25,27,61H,4-18,20,22-24,26,28-60H2,1-3H3/b21-19-,27-25-. The Bertz CT molecular complexity index is 1130. The third-order valence-corrected chi connectivity index (χ3v) is 14.2. The molecule has 0 bridgehead atoms. The number of carbonyl (C=O) groups is 3. The Morgan fingerprint density at radius 3 is 0.786 bits per heavy atom. The van der Waals surface area contributed by atoms with Crippen LogP contribution in [0.25, 0.3) is 0 Å². The zero-order chi connectivity index (χ0) is 50.7. The minimum absolute atomic E-state index is 0.0662. The molecular formula is C64H120O6. The second kappa shape index (κ2) is 59.5. The molecule has 0 aromatic rings. The van der Waals surface area contributed by atoms with Gasteiger partial charge < -0.3 is 14.2 Å². The van der Waals surface area contributed by atoms with E-state index < -0.39 is 6.10 Å². The normalized spacial score (nSPS) is 12.1. The zero-order valence-electron chi connectivity index (χ0n) is 47.3. The summed E-state index contributed by atoms with van der Waals surface area (Å²) in [6.45, 7) is 6.61. The van der Waals surface area contributed by atoms with Gasteiger partial charge in [0.15, 0.2) is 6.10 Å². The van der Waals surface area contributed by atoms with Gasteiger partial charge in [-0.25, -0.2) is 0 Å². The lowest BCUT2D eigenvalue weighted by Crippen LogP contribution is -2.30. The van der Waals surface area contributed by atoms with Crippen LogP contribution in [0.1, 0.15) is 348 Å². The summed E-state index contributed by atoms with van der Waals surface area (Å²) in [6, 6.07) is 0. The maximum Gasteiger partial charge on any atom is 0.306 e. The van der Waals surface area contributed by atoms with Crippen molar-refractivity contribution in [3.63, 3.8) is 0 Å². The molecule has 0 aromatic carbocycles. The van der Waals surface area contributed by atoms with Gasteiger partial charge in [0.1, 0.15) is 13.2 Å². The van der Waals surface area contributed by atoms with Gasteiger partial charge in [0.2, 0.25) is 0 Å². The topological polar surface area (TPSA) is 78.9 Å². The predicted octanol–water partition coefficient (Wildman–Crippen LogP) is 21.1. The smallest absolute Gasteiger partial charge is 0.306 e. The number of hydrogen-bond acceptors (Lipinski definition) is 6. The Morgan fingerprint density at radius 2 is 0.514 bits per heavy atom. The van der Waals surface area contributed by atoms with Crippen molar-refractivity contribution in [2.24, 2.45) is 0 Å². The van der Waals surface area contributed by atoms with Crippen molar-refractivity contribution in [3.8, 4) is 0 Å². The summed E-state index contributed by atoms with van der Waals surface area (Å²) >= 11 is 0. The van der Waals surface area contributed by atoms with Crippen LogP contribution in [-0.4, -0.2) is 37.2 Å². The van der Waals surface area contributed by atoms with E-state index in [1.54, 1.807) is 0 Å². The molecule has 0 aliphatic carbocycles. The molecule has 0 saturated heterocycles. The summed E-state index contributed by atoms with van der Waals surface area (Å²) in [4.78, 5) is 37.9. The molecule has 1 unspecified atom stereocenters.